The van der Waals surface area contributed by atoms with Crippen molar-refractivity contribution >= 4 is 39.7 Å². The van der Waals surface area contributed by atoms with Crippen LogP contribution in [0.4, 0.5) is 34.1 Å². The highest BCUT2D eigenvalue weighted by molar-refractivity contribution is 5.86. The van der Waals surface area contributed by atoms with Crippen molar-refractivity contribution in [2.24, 2.45) is 5.73 Å². The molecule has 0 amide bonds. The highest BCUT2D eigenvalue weighted by Gasteiger charge is 2.26. The molecule has 6 aromatic rings. The molecule has 0 aromatic heterocycles. The zero-order valence-electron chi connectivity index (χ0n) is 29.2. The van der Waals surface area contributed by atoms with Gasteiger partial charge < -0.3 is 15.5 Å². The molecule has 8 rings (SSSR count). The molecule has 0 unspecified atom stereocenters. The Morgan fingerprint density at radius 1 is 0.519 bits per heavy atom. The van der Waals surface area contributed by atoms with Gasteiger partial charge in [0.25, 0.3) is 0 Å². The lowest BCUT2D eigenvalue weighted by Crippen LogP contribution is -2.17. The van der Waals surface area contributed by atoms with E-state index in [1.165, 1.54) is 16.7 Å². The smallest absolute Gasteiger partial charge is 0.102 e. The summed E-state index contributed by atoms with van der Waals surface area (Å²) in [5.41, 5.74) is 22.7. The standard InChI is InChI=1S/C48H40N4/c1-34-45-29-27-44(52(41-18-10-4-11-19-41)42-20-12-5-13-21-42)32-37(45)25-28-46(34)47(33-49)48(50)38-23-22-36-31-43(26-24-35(36)30-38)51(39-14-6-2-7-15-39)40-16-8-3-9-17-40/h2-21,24,26-27,29,31-32H,1,22-23,25,28,30,50H2/b47-46-,48-38+. The third-order valence-electron chi connectivity index (χ3n) is 10.4. The molecule has 52 heavy (non-hydrogen) atoms. The van der Waals surface area contributed by atoms with Gasteiger partial charge in [-0.2, -0.15) is 5.26 Å². The Balaban J connectivity index is 1.08. The van der Waals surface area contributed by atoms with Crippen LogP contribution in [0.15, 0.2) is 187 Å². The number of para-hydroxylation sites is 4. The van der Waals surface area contributed by atoms with E-state index in [1.807, 2.05) is 24.3 Å². The SMILES string of the molecule is C=C1/C(=C(C#N)\C(N)=C2\CCc3cc(N(c4ccccc4)c4ccccc4)ccc3C2)CCc2cc(N(c3ccccc3)c3ccccc3)ccc21. The Bertz CT molecular complexity index is 2270. The summed E-state index contributed by atoms with van der Waals surface area (Å²) in [5, 5.41) is 10.5. The maximum atomic E-state index is 10.5. The first kappa shape index (κ1) is 32.6. The predicted octanol–water partition coefficient (Wildman–Crippen LogP) is 11.8. The van der Waals surface area contributed by atoms with E-state index >= 15 is 0 Å². The van der Waals surface area contributed by atoms with Crippen molar-refractivity contribution in [1.82, 2.24) is 0 Å². The fraction of sp³-hybridized carbons (Fsp3) is 0.104. The van der Waals surface area contributed by atoms with E-state index in [2.05, 4.69) is 156 Å². The van der Waals surface area contributed by atoms with Crippen LogP contribution in [0.5, 0.6) is 0 Å². The van der Waals surface area contributed by atoms with Crippen molar-refractivity contribution in [3.8, 4) is 6.07 Å². The molecule has 0 fully saturated rings. The van der Waals surface area contributed by atoms with Gasteiger partial charge in [0.1, 0.15) is 6.07 Å². The van der Waals surface area contributed by atoms with E-state index in [4.69, 9.17) is 5.73 Å². The highest BCUT2D eigenvalue weighted by atomic mass is 15.1. The van der Waals surface area contributed by atoms with Crippen molar-refractivity contribution in [2.45, 2.75) is 32.1 Å². The topological polar surface area (TPSA) is 56.3 Å². The second-order valence-electron chi connectivity index (χ2n) is 13.4. The number of anilines is 6. The lowest BCUT2D eigenvalue weighted by Gasteiger charge is -2.29. The second-order valence-corrected chi connectivity index (χ2v) is 13.4. The lowest BCUT2D eigenvalue weighted by molar-refractivity contribution is 0.819. The molecule has 4 nitrogen and oxygen atoms in total. The number of rotatable bonds is 7. The molecule has 252 valence electrons. The number of benzene rings is 6. The molecule has 4 heteroatoms. The molecule has 0 radical (unpaired) electrons. The average Bonchev–Trinajstić information content (AvgIpc) is 3.20. The van der Waals surface area contributed by atoms with E-state index in [0.717, 1.165) is 88.5 Å². The molecule has 0 bridgehead atoms. The third kappa shape index (κ3) is 6.30. The zero-order chi connectivity index (χ0) is 35.4. The van der Waals surface area contributed by atoms with Crippen LogP contribution in [-0.2, 0) is 19.3 Å². The van der Waals surface area contributed by atoms with Crippen LogP contribution in [0.1, 0.15) is 35.1 Å². The van der Waals surface area contributed by atoms with Crippen LogP contribution in [-0.4, -0.2) is 0 Å². The molecule has 0 spiro atoms. The normalized spacial score (nSPS) is 15.5. The van der Waals surface area contributed by atoms with E-state index in [0.29, 0.717) is 11.3 Å². The van der Waals surface area contributed by atoms with E-state index in [9.17, 15) is 5.26 Å². The number of hydrogen-bond donors (Lipinski definition) is 1. The van der Waals surface area contributed by atoms with Crippen molar-refractivity contribution in [3.05, 3.63) is 209 Å². The maximum absolute atomic E-state index is 10.5. The van der Waals surface area contributed by atoms with E-state index in [1.54, 1.807) is 0 Å². The minimum atomic E-state index is 0.573. The van der Waals surface area contributed by atoms with Gasteiger partial charge in [0.05, 0.1) is 5.57 Å². The van der Waals surface area contributed by atoms with E-state index < -0.39 is 0 Å². The Kier molecular flexibility index (Phi) is 9.00. The summed E-state index contributed by atoms with van der Waals surface area (Å²) in [7, 11) is 0. The monoisotopic (exact) mass is 672 g/mol. The summed E-state index contributed by atoms with van der Waals surface area (Å²) in [4.78, 5) is 4.58. The van der Waals surface area contributed by atoms with E-state index in [-0.39, 0.29) is 0 Å². The van der Waals surface area contributed by atoms with Gasteiger partial charge in [-0.25, -0.2) is 0 Å². The van der Waals surface area contributed by atoms with Gasteiger partial charge in [0.2, 0.25) is 0 Å². The first-order valence-corrected chi connectivity index (χ1v) is 17.9. The Labute approximate surface area is 306 Å². The molecule has 6 aromatic carbocycles. The van der Waals surface area contributed by atoms with Gasteiger partial charge in [-0.05, 0) is 144 Å². The van der Waals surface area contributed by atoms with Crippen LogP contribution in [0.2, 0.25) is 0 Å². The van der Waals surface area contributed by atoms with Gasteiger partial charge in [0.15, 0.2) is 0 Å². The maximum Gasteiger partial charge on any atom is 0.102 e. The molecular weight excluding hydrogens is 633 g/mol. The van der Waals surface area contributed by atoms with Crippen molar-refractivity contribution in [1.29, 1.82) is 5.26 Å². The lowest BCUT2D eigenvalue weighted by atomic mass is 9.80. The predicted molar refractivity (Wildman–Crippen MR) is 215 cm³/mol. The largest absolute Gasteiger partial charge is 0.398 e. The van der Waals surface area contributed by atoms with Gasteiger partial charge >= 0.3 is 0 Å². The number of fused-ring (bicyclic) bond motifs is 2. The summed E-state index contributed by atoms with van der Waals surface area (Å²) < 4.78 is 0. The molecule has 2 N–H and O–H groups in total. The second kappa shape index (κ2) is 14.3. The number of aryl methyl sites for hydroxylation is 2. The number of nitrogens with zero attached hydrogens (tertiary/aromatic N) is 3. The Morgan fingerprint density at radius 3 is 1.48 bits per heavy atom. The summed E-state index contributed by atoms with van der Waals surface area (Å²) in [5.74, 6) is 0. The van der Waals surface area contributed by atoms with Gasteiger partial charge in [0, 0.05) is 39.8 Å². The minimum Gasteiger partial charge on any atom is -0.398 e. The van der Waals surface area contributed by atoms with Gasteiger partial charge in [-0.15, -0.1) is 0 Å². The zero-order valence-corrected chi connectivity index (χ0v) is 29.2. The average molecular weight is 673 g/mol. The minimum absolute atomic E-state index is 0.573. The van der Waals surface area contributed by atoms with Crippen LogP contribution in [0, 0.1) is 11.3 Å². The number of nitrogens with two attached hydrogens (primary N) is 1. The fourth-order valence-electron chi connectivity index (χ4n) is 7.73. The van der Waals surface area contributed by atoms with Crippen LogP contribution >= 0.6 is 0 Å². The quantitative estimate of drug-likeness (QED) is 0.172. The molecule has 0 atom stereocenters. The first-order chi connectivity index (χ1) is 25.6. The number of allylic oxidation sites excluding steroid dienone is 4. The molecule has 0 heterocycles. The summed E-state index contributed by atoms with van der Waals surface area (Å²) >= 11 is 0. The Morgan fingerprint density at radius 2 is 0.981 bits per heavy atom. The molecule has 0 aliphatic heterocycles. The number of nitriles is 1. The van der Waals surface area contributed by atoms with Crippen LogP contribution in [0.3, 0.4) is 0 Å². The Hall–Kier alpha value is -6.57. The van der Waals surface area contributed by atoms with Crippen molar-refractivity contribution < 1.29 is 0 Å². The molecule has 2 aliphatic rings. The van der Waals surface area contributed by atoms with Crippen LogP contribution < -0.4 is 15.5 Å². The number of hydrogen-bond acceptors (Lipinski definition) is 4. The summed E-state index contributed by atoms with van der Waals surface area (Å²) in [6.45, 7) is 4.53. The fourth-order valence-corrected chi connectivity index (χ4v) is 7.73. The van der Waals surface area contributed by atoms with Crippen LogP contribution in [0.25, 0.3) is 5.57 Å². The summed E-state index contributed by atoms with van der Waals surface area (Å²) in [6, 6.07) is 57.7. The molecule has 2 aliphatic carbocycles. The first-order valence-electron chi connectivity index (χ1n) is 17.9. The highest BCUT2D eigenvalue weighted by Crippen LogP contribution is 2.43. The van der Waals surface area contributed by atoms with Crippen molar-refractivity contribution in [2.75, 3.05) is 9.80 Å². The van der Waals surface area contributed by atoms with Crippen molar-refractivity contribution in [3.63, 3.8) is 0 Å². The van der Waals surface area contributed by atoms with Gasteiger partial charge in [-0.1, -0.05) is 91.5 Å². The third-order valence-corrected chi connectivity index (χ3v) is 10.4. The molecule has 0 saturated carbocycles. The van der Waals surface area contributed by atoms with Gasteiger partial charge in [-0.3, -0.25) is 0 Å². The molecular formula is C48H40N4. The summed E-state index contributed by atoms with van der Waals surface area (Å²) in [6.07, 6.45) is 3.96. The molecule has 0 saturated heterocycles.